The van der Waals surface area contributed by atoms with Crippen LogP contribution in [-0.4, -0.2) is 15.3 Å². The summed E-state index contributed by atoms with van der Waals surface area (Å²) in [4.78, 5) is 28.7. The van der Waals surface area contributed by atoms with Crippen LogP contribution in [0.15, 0.2) is 59.7 Å². The third-order valence-corrected chi connectivity index (χ3v) is 3.21. The summed E-state index contributed by atoms with van der Waals surface area (Å²) in [6.07, 6.45) is 3.03. The van der Waals surface area contributed by atoms with Crippen molar-refractivity contribution >= 4 is 17.2 Å². The highest BCUT2D eigenvalue weighted by Gasteiger charge is 2.10. The molecule has 104 valence electrons. The number of benzene rings is 1. The number of aryl methyl sites for hydroxylation is 1. The molecule has 1 amide bonds. The maximum atomic E-state index is 12.4. The van der Waals surface area contributed by atoms with Crippen molar-refractivity contribution in [2.24, 2.45) is 0 Å². The second-order valence-electron chi connectivity index (χ2n) is 4.68. The maximum Gasteiger partial charge on any atom is 0.281 e. The first-order valence-electron chi connectivity index (χ1n) is 6.50. The molecule has 1 aromatic carbocycles. The number of rotatable bonds is 2. The highest BCUT2D eigenvalue weighted by Crippen LogP contribution is 2.08. The van der Waals surface area contributed by atoms with E-state index in [0.717, 1.165) is 5.56 Å². The monoisotopic (exact) mass is 279 g/mol. The Hall–Kier alpha value is -2.95. The first kappa shape index (κ1) is 13.1. The molecule has 3 rings (SSSR count). The van der Waals surface area contributed by atoms with Crippen molar-refractivity contribution < 1.29 is 4.79 Å². The van der Waals surface area contributed by atoms with Gasteiger partial charge in [-0.25, -0.2) is 4.98 Å². The molecule has 0 radical (unpaired) electrons. The lowest BCUT2D eigenvalue weighted by Crippen LogP contribution is -2.23. The van der Waals surface area contributed by atoms with E-state index < -0.39 is 0 Å². The summed E-state index contributed by atoms with van der Waals surface area (Å²) in [5.74, 6) is -0.331. The Bertz CT molecular complexity index is 870. The molecule has 0 aliphatic carbocycles. The minimum Gasteiger partial charge on any atom is -0.316 e. The summed E-state index contributed by atoms with van der Waals surface area (Å²) in [5.41, 5.74) is 1.84. The van der Waals surface area contributed by atoms with Gasteiger partial charge in [0.15, 0.2) is 0 Å². The van der Waals surface area contributed by atoms with Gasteiger partial charge in [-0.05, 0) is 30.7 Å². The van der Waals surface area contributed by atoms with Crippen LogP contribution in [0.5, 0.6) is 0 Å². The average molecular weight is 279 g/mol. The fraction of sp³-hybridized carbons (Fsp3) is 0.0625. The first-order valence-corrected chi connectivity index (χ1v) is 6.50. The van der Waals surface area contributed by atoms with E-state index in [-0.39, 0.29) is 17.2 Å². The van der Waals surface area contributed by atoms with E-state index in [1.54, 1.807) is 36.5 Å². The zero-order valence-corrected chi connectivity index (χ0v) is 11.4. The van der Waals surface area contributed by atoms with Gasteiger partial charge in [0.1, 0.15) is 11.3 Å². The van der Waals surface area contributed by atoms with E-state index in [9.17, 15) is 9.59 Å². The Labute approximate surface area is 120 Å². The number of pyridine rings is 1. The van der Waals surface area contributed by atoms with Gasteiger partial charge in [0, 0.05) is 11.8 Å². The molecule has 0 unspecified atom stereocenters. The van der Waals surface area contributed by atoms with E-state index in [2.05, 4.69) is 10.3 Å². The highest BCUT2D eigenvalue weighted by molar-refractivity contribution is 6.04. The third-order valence-electron chi connectivity index (χ3n) is 3.21. The zero-order valence-electron chi connectivity index (χ0n) is 11.4. The predicted octanol–water partition coefficient (Wildman–Crippen LogP) is 2.26. The van der Waals surface area contributed by atoms with Gasteiger partial charge >= 0.3 is 0 Å². The molecule has 5 heteroatoms. The molecule has 3 aromatic rings. The topological polar surface area (TPSA) is 63.5 Å². The zero-order chi connectivity index (χ0) is 14.8. The Morgan fingerprint density at radius 2 is 1.90 bits per heavy atom. The van der Waals surface area contributed by atoms with E-state index >= 15 is 0 Å². The Balaban J connectivity index is 2.01. The van der Waals surface area contributed by atoms with Crippen LogP contribution >= 0.6 is 0 Å². The molecule has 21 heavy (non-hydrogen) atoms. The Morgan fingerprint density at radius 1 is 1.14 bits per heavy atom. The molecular weight excluding hydrogens is 266 g/mol. The Morgan fingerprint density at radius 3 is 2.67 bits per heavy atom. The second-order valence-corrected chi connectivity index (χ2v) is 4.68. The number of hydrogen-bond donors (Lipinski definition) is 1. The van der Waals surface area contributed by atoms with Crippen LogP contribution in [0.3, 0.4) is 0 Å². The van der Waals surface area contributed by atoms with Crippen molar-refractivity contribution in [1.82, 2.24) is 9.38 Å². The Kier molecular flexibility index (Phi) is 3.23. The minimum absolute atomic E-state index is 0.159. The first-order chi connectivity index (χ1) is 10.2. The lowest BCUT2D eigenvalue weighted by atomic mass is 10.2. The maximum absolute atomic E-state index is 12.4. The lowest BCUT2D eigenvalue weighted by molar-refractivity contribution is 0.102. The normalized spacial score (nSPS) is 10.5. The summed E-state index contributed by atoms with van der Waals surface area (Å²) in [7, 11) is 0. The van der Waals surface area contributed by atoms with E-state index in [1.807, 2.05) is 19.1 Å². The summed E-state index contributed by atoms with van der Waals surface area (Å²) in [6, 6.07) is 12.4. The number of fused-ring (bicyclic) bond motifs is 1. The van der Waals surface area contributed by atoms with E-state index in [0.29, 0.717) is 11.2 Å². The van der Waals surface area contributed by atoms with Crippen molar-refractivity contribution in [1.29, 1.82) is 0 Å². The van der Waals surface area contributed by atoms with Crippen LogP contribution in [-0.2, 0) is 0 Å². The number of nitrogens with one attached hydrogen (secondary N) is 1. The van der Waals surface area contributed by atoms with Crippen molar-refractivity contribution in [2.75, 3.05) is 5.32 Å². The van der Waals surface area contributed by atoms with E-state index in [1.165, 1.54) is 10.6 Å². The van der Waals surface area contributed by atoms with Crippen LogP contribution in [0.4, 0.5) is 5.69 Å². The van der Waals surface area contributed by atoms with Gasteiger partial charge in [-0.3, -0.25) is 14.0 Å². The summed E-state index contributed by atoms with van der Waals surface area (Å²) in [6.45, 7) is 1.88. The molecule has 0 aliphatic rings. The van der Waals surface area contributed by atoms with Gasteiger partial charge in [0.05, 0.1) is 6.20 Å². The summed E-state index contributed by atoms with van der Waals surface area (Å²) < 4.78 is 1.43. The number of hydrogen-bond acceptors (Lipinski definition) is 3. The van der Waals surface area contributed by atoms with Crippen molar-refractivity contribution in [3.8, 4) is 0 Å². The predicted molar refractivity (Wildman–Crippen MR) is 80.6 cm³/mol. The standard InChI is InChI=1S/C16H13N3O2/c1-11-6-5-9-19-14(11)17-10-13(16(19)21)18-15(20)12-7-3-2-4-8-12/h2-10H,1H3,(H,18,20). The average Bonchev–Trinajstić information content (AvgIpc) is 2.51. The molecule has 0 bridgehead atoms. The number of anilines is 1. The van der Waals surface area contributed by atoms with Crippen LogP contribution in [0.25, 0.3) is 5.65 Å². The van der Waals surface area contributed by atoms with Crippen LogP contribution < -0.4 is 10.9 Å². The van der Waals surface area contributed by atoms with Gasteiger partial charge < -0.3 is 5.32 Å². The number of aromatic nitrogens is 2. The molecule has 0 saturated heterocycles. The third kappa shape index (κ3) is 2.41. The van der Waals surface area contributed by atoms with Gasteiger partial charge in [-0.15, -0.1) is 0 Å². The molecule has 2 heterocycles. The lowest BCUT2D eigenvalue weighted by Gasteiger charge is -2.07. The fourth-order valence-corrected chi connectivity index (χ4v) is 2.12. The summed E-state index contributed by atoms with van der Waals surface area (Å²) in [5, 5.41) is 2.60. The quantitative estimate of drug-likeness (QED) is 0.782. The molecule has 5 nitrogen and oxygen atoms in total. The number of amides is 1. The van der Waals surface area contributed by atoms with Gasteiger partial charge in [0.25, 0.3) is 11.5 Å². The largest absolute Gasteiger partial charge is 0.316 e. The number of nitrogens with zero attached hydrogens (tertiary/aromatic N) is 2. The molecule has 0 fully saturated rings. The van der Waals surface area contributed by atoms with Gasteiger partial charge in [0.2, 0.25) is 0 Å². The minimum atomic E-state index is -0.331. The van der Waals surface area contributed by atoms with Crippen molar-refractivity contribution in [3.63, 3.8) is 0 Å². The molecule has 0 spiro atoms. The second kappa shape index (κ2) is 5.20. The number of carbonyl (C=O) groups is 1. The molecule has 1 N–H and O–H groups in total. The molecule has 0 atom stereocenters. The van der Waals surface area contributed by atoms with E-state index in [4.69, 9.17) is 0 Å². The van der Waals surface area contributed by atoms with Gasteiger partial charge in [-0.1, -0.05) is 24.3 Å². The molecule has 0 aliphatic heterocycles. The molecule has 0 saturated carbocycles. The van der Waals surface area contributed by atoms with Crippen LogP contribution in [0, 0.1) is 6.92 Å². The summed E-state index contributed by atoms with van der Waals surface area (Å²) >= 11 is 0. The number of carbonyl (C=O) groups excluding carboxylic acids is 1. The SMILES string of the molecule is Cc1cccn2c(=O)c(NC(=O)c3ccccc3)cnc12. The molecule has 2 aromatic heterocycles. The smallest absolute Gasteiger partial charge is 0.281 e. The van der Waals surface area contributed by atoms with Crippen molar-refractivity contribution in [3.05, 3.63) is 76.3 Å². The van der Waals surface area contributed by atoms with Crippen molar-refractivity contribution in [2.45, 2.75) is 6.92 Å². The fourth-order valence-electron chi connectivity index (χ4n) is 2.12. The molecular formula is C16H13N3O2. The van der Waals surface area contributed by atoms with Crippen LogP contribution in [0.2, 0.25) is 0 Å². The van der Waals surface area contributed by atoms with Gasteiger partial charge in [-0.2, -0.15) is 0 Å². The highest BCUT2D eigenvalue weighted by atomic mass is 16.2. The van der Waals surface area contributed by atoms with Crippen LogP contribution in [0.1, 0.15) is 15.9 Å².